The average Bonchev–Trinajstić information content (AvgIpc) is 2.95. The number of benzene rings is 1. The number of carbonyl (C=O) groups is 2. The van der Waals surface area contributed by atoms with Gasteiger partial charge in [0.05, 0.1) is 6.54 Å². The van der Waals surface area contributed by atoms with E-state index >= 15 is 0 Å². The summed E-state index contributed by atoms with van der Waals surface area (Å²) in [5.41, 5.74) is 0.834. The lowest BCUT2D eigenvalue weighted by Gasteiger charge is -2.37. The van der Waals surface area contributed by atoms with Crippen molar-refractivity contribution in [2.75, 3.05) is 31.5 Å². The van der Waals surface area contributed by atoms with E-state index in [1.165, 1.54) is 6.42 Å². The zero-order valence-electron chi connectivity index (χ0n) is 13.5. The summed E-state index contributed by atoms with van der Waals surface area (Å²) in [6, 6.07) is 9.87. The van der Waals surface area contributed by atoms with Crippen LogP contribution in [0.1, 0.15) is 32.1 Å². The van der Waals surface area contributed by atoms with Crippen molar-refractivity contribution in [2.45, 2.75) is 38.1 Å². The van der Waals surface area contributed by atoms with Crippen molar-refractivity contribution >= 4 is 17.5 Å². The Bertz CT molecular complexity index is 546. The van der Waals surface area contributed by atoms with Gasteiger partial charge in [-0.3, -0.25) is 14.5 Å². The van der Waals surface area contributed by atoms with E-state index in [1.807, 2.05) is 35.2 Å². The van der Waals surface area contributed by atoms with Gasteiger partial charge in [-0.2, -0.15) is 0 Å². The van der Waals surface area contributed by atoms with Gasteiger partial charge in [0, 0.05) is 31.2 Å². The molecule has 1 atom stereocenters. The fourth-order valence-corrected chi connectivity index (χ4v) is 3.53. The summed E-state index contributed by atoms with van der Waals surface area (Å²) in [5, 5.41) is 2.95. The molecular weight excluding hydrogens is 290 g/mol. The van der Waals surface area contributed by atoms with Gasteiger partial charge in [0.15, 0.2) is 0 Å². The number of carbonyl (C=O) groups excluding carboxylic acids is 2. The molecule has 0 aliphatic carbocycles. The number of nitrogens with zero attached hydrogens (tertiary/aromatic N) is 2. The van der Waals surface area contributed by atoms with Crippen LogP contribution in [0.25, 0.3) is 0 Å². The number of amides is 2. The summed E-state index contributed by atoms with van der Waals surface area (Å²) < 4.78 is 0. The number of rotatable bonds is 5. The molecule has 2 aliphatic rings. The summed E-state index contributed by atoms with van der Waals surface area (Å²) >= 11 is 0. The number of anilines is 1. The third kappa shape index (κ3) is 4.32. The molecule has 23 heavy (non-hydrogen) atoms. The monoisotopic (exact) mass is 315 g/mol. The zero-order chi connectivity index (χ0) is 16.1. The van der Waals surface area contributed by atoms with Crippen LogP contribution in [0, 0.1) is 0 Å². The molecule has 1 aromatic carbocycles. The van der Waals surface area contributed by atoms with Crippen LogP contribution in [0.2, 0.25) is 0 Å². The van der Waals surface area contributed by atoms with Crippen LogP contribution >= 0.6 is 0 Å². The van der Waals surface area contributed by atoms with Crippen molar-refractivity contribution in [3.63, 3.8) is 0 Å². The smallest absolute Gasteiger partial charge is 0.238 e. The SMILES string of the molecule is O=C(CN1CCCCC1CN1CCCC1=O)Nc1ccccc1. The van der Waals surface area contributed by atoms with Crippen LogP contribution < -0.4 is 5.32 Å². The van der Waals surface area contributed by atoms with Crippen molar-refractivity contribution in [1.29, 1.82) is 0 Å². The third-order valence-electron chi connectivity index (χ3n) is 4.76. The highest BCUT2D eigenvalue weighted by molar-refractivity contribution is 5.92. The lowest BCUT2D eigenvalue weighted by Crippen LogP contribution is -2.49. The Morgan fingerprint density at radius 3 is 2.70 bits per heavy atom. The fourth-order valence-electron chi connectivity index (χ4n) is 3.53. The van der Waals surface area contributed by atoms with Crippen LogP contribution in [-0.2, 0) is 9.59 Å². The summed E-state index contributed by atoms with van der Waals surface area (Å²) in [6.07, 6.45) is 5.04. The first-order valence-corrected chi connectivity index (χ1v) is 8.59. The molecule has 5 heteroatoms. The van der Waals surface area contributed by atoms with E-state index in [1.54, 1.807) is 0 Å². The molecule has 2 amide bonds. The highest BCUT2D eigenvalue weighted by atomic mass is 16.2. The van der Waals surface area contributed by atoms with E-state index in [0.717, 1.165) is 44.6 Å². The molecule has 0 spiro atoms. The number of hydrogen-bond acceptors (Lipinski definition) is 3. The average molecular weight is 315 g/mol. The quantitative estimate of drug-likeness (QED) is 0.905. The molecule has 2 aliphatic heterocycles. The maximum Gasteiger partial charge on any atom is 0.238 e. The Kier molecular flexibility index (Phi) is 5.28. The first-order chi connectivity index (χ1) is 11.2. The maximum absolute atomic E-state index is 12.3. The van der Waals surface area contributed by atoms with Crippen molar-refractivity contribution in [2.24, 2.45) is 0 Å². The summed E-state index contributed by atoms with van der Waals surface area (Å²) in [6.45, 7) is 2.99. The lowest BCUT2D eigenvalue weighted by molar-refractivity contribution is -0.128. The lowest BCUT2D eigenvalue weighted by atomic mass is 10.0. The van der Waals surface area contributed by atoms with Gasteiger partial charge in [0.2, 0.25) is 11.8 Å². The second kappa shape index (κ2) is 7.59. The second-order valence-electron chi connectivity index (χ2n) is 6.48. The van der Waals surface area contributed by atoms with Crippen LogP contribution in [0.5, 0.6) is 0 Å². The minimum absolute atomic E-state index is 0.0239. The maximum atomic E-state index is 12.3. The van der Waals surface area contributed by atoms with Crippen molar-refractivity contribution in [3.8, 4) is 0 Å². The second-order valence-corrected chi connectivity index (χ2v) is 6.48. The molecule has 124 valence electrons. The van der Waals surface area contributed by atoms with Crippen LogP contribution in [-0.4, -0.2) is 53.8 Å². The van der Waals surface area contributed by atoms with E-state index in [0.29, 0.717) is 19.0 Å². The first kappa shape index (κ1) is 16.0. The largest absolute Gasteiger partial charge is 0.341 e. The number of likely N-dealkylation sites (tertiary alicyclic amines) is 2. The Morgan fingerprint density at radius 2 is 1.96 bits per heavy atom. The molecule has 2 heterocycles. The van der Waals surface area contributed by atoms with Crippen LogP contribution in [0.4, 0.5) is 5.69 Å². The fraction of sp³-hybridized carbons (Fsp3) is 0.556. The topological polar surface area (TPSA) is 52.7 Å². The third-order valence-corrected chi connectivity index (χ3v) is 4.76. The predicted molar refractivity (Wildman–Crippen MR) is 90.1 cm³/mol. The highest BCUT2D eigenvalue weighted by Crippen LogP contribution is 2.20. The van der Waals surface area contributed by atoms with E-state index in [4.69, 9.17) is 0 Å². The highest BCUT2D eigenvalue weighted by Gasteiger charge is 2.29. The van der Waals surface area contributed by atoms with Gasteiger partial charge in [-0.05, 0) is 37.9 Å². The van der Waals surface area contributed by atoms with E-state index in [9.17, 15) is 9.59 Å². The van der Waals surface area contributed by atoms with Crippen molar-refractivity contribution in [3.05, 3.63) is 30.3 Å². The summed E-state index contributed by atoms with van der Waals surface area (Å²) in [5.74, 6) is 0.292. The first-order valence-electron chi connectivity index (χ1n) is 8.59. The van der Waals surface area contributed by atoms with Gasteiger partial charge in [-0.15, -0.1) is 0 Å². The van der Waals surface area contributed by atoms with Crippen molar-refractivity contribution in [1.82, 2.24) is 9.80 Å². The van der Waals surface area contributed by atoms with Crippen LogP contribution in [0.3, 0.4) is 0 Å². The number of para-hydroxylation sites is 1. The molecule has 1 unspecified atom stereocenters. The zero-order valence-corrected chi connectivity index (χ0v) is 13.5. The molecule has 2 fully saturated rings. The van der Waals surface area contributed by atoms with Gasteiger partial charge in [-0.1, -0.05) is 24.6 Å². The van der Waals surface area contributed by atoms with E-state index < -0.39 is 0 Å². The molecule has 0 aromatic heterocycles. The van der Waals surface area contributed by atoms with Gasteiger partial charge in [0.25, 0.3) is 0 Å². The van der Waals surface area contributed by atoms with Crippen LogP contribution in [0.15, 0.2) is 30.3 Å². The molecular formula is C18H25N3O2. The Balaban J connectivity index is 1.55. The van der Waals surface area contributed by atoms with Crippen molar-refractivity contribution < 1.29 is 9.59 Å². The molecule has 5 nitrogen and oxygen atoms in total. The standard InChI is InChI=1S/C18H25N3O2/c22-17(19-15-7-2-1-3-8-15)14-20-11-5-4-9-16(20)13-21-12-6-10-18(21)23/h1-3,7-8,16H,4-6,9-14H2,(H,19,22). The molecule has 0 saturated carbocycles. The molecule has 2 saturated heterocycles. The predicted octanol–water partition coefficient (Wildman–Crippen LogP) is 2.10. The van der Waals surface area contributed by atoms with Gasteiger partial charge in [-0.25, -0.2) is 0 Å². The normalized spacial score (nSPS) is 22.3. The number of nitrogens with one attached hydrogen (secondary N) is 1. The minimum Gasteiger partial charge on any atom is -0.341 e. The summed E-state index contributed by atoms with van der Waals surface area (Å²) in [4.78, 5) is 28.4. The number of piperidine rings is 1. The molecule has 1 N–H and O–H groups in total. The summed E-state index contributed by atoms with van der Waals surface area (Å²) in [7, 11) is 0. The minimum atomic E-state index is 0.0239. The Labute approximate surface area is 137 Å². The van der Waals surface area contributed by atoms with E-state index in [2.05, 4.69) is 10.2 Å². The molecule has 0 bridgehead atoms. The molecule has 0 radical (unpaired) electrons. The molecule has 3 rings (SSSR count). The Hall–Kier alpha value is -1.88. The van der Waals surface area contributed by atoms with Gasteiger partial charge in [0.1, 0.15) is 0 Å². The number of hydrogen-bond donors (Lipinski definition) is 1. The Morgan fingerprint density at radius 1 is 1.13 bits per heavy atom. The van der Waals surface area contributed by atoms with Gasteiger partial charge >= 0.3 is 0 Å². The van der Waals surface area contributed by atoms with Gasteiger partial charge < -0.3 is 10.2 Å². The van der Waals surface area contributed by atoms with E-state index in [-0.39, 0.29) is 11.8 Å². The molecule has 1 aromatic rings.